The molecule has 3 rings (SSSR count). The summed E-state index contributed by atoms with van der Waals surface area (Å²) >= 11 is 5.92. The van der Waals surface area contributed by atoms with Gasteiger partial charge >= 0.3 is 0 Å². The van der Waals surface area contributed by atoms with Crippen molar-refractivity contribution >= 4 is 29.1 Å². The third kappa shape index (κ3) is 4.98. The minimum atomic E-state index is -0.223. The second kappa shape index (κ2) is 9.19. The Labute approximate surface area is 168 Å². The van der Waals surface area contributed by atoms with Gasteiger partial charge in [0.15, 0.2) is 0 Å². The third-order valence-electron chi connectivity index (χ3n) is 4.18. The fourth-order valence-electron chi connectivity index (χ4n) is 2.73. The minimum Gasteiger partial charge on any atom is -0.348 e. The van der Waals surface area contributed by atoms with Crippen LogP contribution in [0.25, 0.3) is 11.3 Å². The number of aromatic nitrogens is 2. The summed E-state index contributed by atoms with van der Waals surface area (Å²) in [6.07, 6.45) is 2.81. The Balaban J connectivity index is 1.61. The highest BCUT2D eigenvalue weighted by molar-refractivity contribution is 6.30. The number of nitrogens with zero attached hydrogens (tertiary/aromatic N) is 1. The number of hydrogen-bond acceptors (Lipinski definition) is 3. The van der Waals surface area contributed by atoms with Crippen LogP contribution in [0.1, 0.15) is 35.7 Å². The van der Waals surface area contributed by atoms with E-state index in [1.54, 1.807) is 12.1 Å². The van der Waals surface area contributed by atoms with Crippen molar-refractivity contribution in [1.29, 1.82) is 0 Å². The van der Waals surface area contributed by atoms with E-state index < -0.39 is 0 Å². The normalized spacial score (nSPS) is 10.5. The predicted molar refractivity (Wildman–Crippen MR) is 110 cm³/mol. The molecule has 0 fully saturated rings. The topological polar surface area (TPSA) is 86.9 Å². The highest BCUT2D eigenvalue weighted by Crippen LogP contribution is 2.23. The van der Waals surface area contributed by atoms with Gasteiger partial charge in [-0.2, -0.15) is 5.10 Å². The number of halogens is 1. The maximum absolute atomic E-state index is 12.6. The van der Waals surface area contributed by atoms with Gasteiger partial charge in [0, 0.05) is 29.2 Å². The van der Waals surface area contributed by atoms with Crippen LogP contribution in [0.2, 0.25) is 5.02 Å². The van der Waals surface area contributed by atoms with Crippen LogP contribution in [0.5, 0.6) is 0 Å². The number of H-pyrrole nitrogens is 1. The molecule has 3 N–H and O–H groups in total. The van der Waals surface area contributed by atoms with Crippen LogP contribution in [0.3, 0.4) is 0 Å². The summed E-state index contributed by atoms with van der Waals surface area (Å²) in [5, 5.41) is 13.2. The molecule has 0 saturated carbocycles. The average Bonchev–Trinajstić information content (AvgIpc) is 3.18. The molecule has 0 saturated heterocycles. The Hall–Kier alpha value is -3.12. The molecule has 0 aliphatic rings. The van der Waals surface area contributed by atoms with Crippen LogP contribution in [0, 0.1) is 0 Å². The lowest BCUT2D eigenvalue weighted by atomic mass is 10.1. The van der Waals surface area contributed by atoms with Crippen LogP contribution in [0.4, 0.5) is 5.69 Å². The Bertz CT molecular complexity index is 949. The van der Waals surface area contributed by atoms with Crippen LogP contribution < -0.4 is 10.6 Å². The molecular formula is C21H21ClN4O2. The van der Waals surface area contributed by atoms with Gasteiger partial charge in [0.25, 0.3) is 5.91 Å². The standard InChI is InChI=1S/C21H21ClN4O2/c1-2-3-19(27)25-17-10-4-14(5-11-17)12-23-21(28)18-13-24-26-20(18)15-6-8-16(22)9-7-15/h4-11,13H,2-3,12H2,1H3,(H,23,28)(H,24,26)(H,25,27). The molecule has 28 heavy (non-hydrogen) atoms. The smallest absolute Gasteiger partial charge is 0.255 e. The van der Waals surface area contributed by atoms with Crippen LogP contribution >= 0.6 is 11.6 Å². The zero-order chi connectivity index (χ0) is 19.9. The van der Waals surface area contributed by atoms with E-state index in [4.69, 9.17) is 11.6 Å². The molecule has 2 aromatic carbocycles. The lowest BCUT2D eigenvalue weighted by Gasteiger charge is -2.08. The average molecular weight is 397 g/mol. The molecule has 6 nitrogen and oxygen atoms in total. The number of nitrogens with one attached hydrogen (secondary N) is 3. The zero-order valence-corrected chi connectivity index (χ0v) is 16.2. The van der Waals surface area contributed by atoms with E-state index >= 15 is 0 Å². The van der Waals surface area contributed by atoms with Gasteiger partial charge in [0.1, 0.15) is 0 Å². The summed E-state index contributed by atoms with van der Waals surface area (Å²) in [4.78, 5) is 24.2. The van der Waals surface area contributed by atoms with E-state index in [1.165, 1.54) is 6.20 Å². The first kappa shape index (κ1) is 19.6. The number of benzene rings is 2. The molecule has 0 radical (unpaired) electrons. The van der Waals surface area contributed by atoms with Crippen LogP contribution in [-0.4, -0.2) is 22.0 Å². The summed E-state index contributed by atoms with van der Waals surface area (Å²) in [6.45, 7) is 2.33. The van der Waals surface area contributed by atoms with Gasteiger partial charge in [-0.25, -0.2) is 0 Å². The molecule has 0 spiro atoms. The molecule has 0 atom stereocenters. The number of carbonyl (C=O) groups excluding carboxylic acids is 2. The van der Waals surface area contributed by atoms with E-state index in [9.17, 15) is 9.59 Å². The monoisotopic (exact) mass is 396 g/mol. The highest BCUT2D eigenvalue weighted by atomic mass is 35.5. The number of carbonyl (C=O) groups is 2. The number of rotatable bonds is 7. The van der Waals surface area contributed by atoms with Gasteiger partial charge in [-0.15, -0.1) is 0 Å². The van der Waals surface area contributed by atoms with Gasteiger partial charge in [0.2, 0.25) is 5.91 Å². The molecule has 3 aromatic rings. The van der Waals surface area contributed by atoms with Gasteiger partial charge < -0.3 is 10.6 Å². The van der Waals surface area contributed by atoms with Gasteiger partial charge in [-0.3, -0.25) is 14.7 Å². The SMILES string of the molecule is CCCC(=O)Nc1ccc(CNC(=O)c2cn[nH]c2-c2ccc(Cl)cc2)cc1. The Morgan fingerprint density at radius 1 is 1.07 bits per heavy atom. The zero-order valence-electron chi connectivity index (χ0n) is 15.5. The van der Waals surface area contributed by atoms with Crippen LogP contribution in [0.15, 0.2) is 54.7 Å². The number of amides is 2. The Morgan fingerprint density at radius 2 is 1.79 bits per heavy atom. The summed E-state index contributed by atoms with van der Waals surface area (Å²) in [5.74, 6) is -0.225. The van der Waals surface area contributed by atoms with Crippen LogP contribution in [-0.2, 0) is 11.3 Å². The van der Waals surface area contributed by atoms with Crippen molar-refractivity contribution in [3.05, 3.63) is 70.9 Å². The molecule has 0 aliphatic heterocycles. The lowest BCUT2D eigenvalue weighted by Crippen LogP contribution is -2.23. The molecule has 7 heteroatoms. The van der Waals surface area contributed by atoms with Gasteiger partial charge in [-0.05, 0) is 36.2 Å². The van der Waals surface area contributed by atoms with E-state index in [0.29, 0.717) is 29.2 Å². The molecule has 0 unspecified atom stereocenters. The van der Waals surface area contributed by atoms with Crippen molar-refractivity contribution in [2.75, 3.05) is 5.32 Å². The van der Waals surface area contributed by atoms with Crippen molar-refractivity contribution in [2.45, 2.75) is 26.3 Å². The van der Waals surface area contributed by atoms with Gasteiger partial charge in [0.05, 0.1) is 17.5 Å². The van der Waals surface area contributed by atoms with E-state index in [1.807, 2.05) is 43.3 Å². The molecule has 0 bridgehead atoms. The summed E-state index contributed by atoms with van der Waals surface area (Å²) < 4.78 is 0. The fraction of sp³-hybridized carbons (Fsp3) is 0.190. The maximum atomic E-state index is 12.6. The number of aromatic amines is 1. The number of hydrogen-bond donors (Lipinski definition) is 3. The number of anilines is 1. The molecule has 144 valence electrons. The molecule has 1 heterocycles. The van der Waals surface area contributed by atoms with E-state index in [-0.39, 0.29) is 11.8 Å². The summed E-state index contributed by atoms with van der Waals surface area (Å²) in [6, 6.07) is 14.6. The van der Waals surface area contributed by atoms with Crippen molar-refractivity contribution in [3.8, 4) is 11.3 Å². The van der Waals surface area contributed by atoms with Crippen molar-refractivity contribution in [1.82, 2.24) is 15.5 Å². The highest BCUT2D eigenvalue weighted by Gasteiger charge is 2.15. The first-order chi connectivity index (χ1) is 13.6. The van der Waals surface area contributed by atoms with Crippen molar-refractivity contribution < 1.29 is 9.59 Å². The van der Waals surface area contributed by atoms with Crippen molar-refractivity contribution in [3.63, 3.8) is 0 Å². The first-order valence-corrected chi connectivity index (χ1v) is 9.41. The fourth-order valence-corrected chi connectivity index (χ4v) is 2.85. The predicted octanol–water partition coefficient (Wildman–Crippen LogP) is 4.40. The van der Waals surface area contributed by atoms with E-state index in [2.05, 4.69) is 20.8 Å². The summed E-state index contributed by atoms with van der Waals surface area (Å²) in [5.41, 5.74) is 3.61. The first-order valence-electron chi connectivity index (χ1n) is 9.03. The Morgan fingerprint density at radius 3 is 2.46 bits per heavy atom. The molecule has 1 aromatic heterocycles. The van der Waals surface area contributed by atoms with Gasteiger partial charge in [-0.1, -0.05) is 42.8 Å². The third-order valence-corrected chi connectivity index (χ3v) is 4.44. The Kier molecular flexibility index (Phi) is 6.45. The van der Waals surface area contributed by atoms with E-state index in [0.717, 1.165) is 23.2 Å². The molecule has 2 amide bonds. The molecule has 0 aliphatic carbocycles. The lowest BCUT2D eigenvalue weighted by molar-refractivity contribution is -0.116. The molecular weight excluding hydrogens is 376 g/mol. The second-order valence-corrected chi connectivity index (χ2v) is 6.78. The quantitative estimate of drug-likeness (QED) is 0.553. The minimum absolute atomic E-state index is 0.00163. The maximum Gasteiger partial charge on any atom is 0.255 e. The summed E-state index contributed by atoms with van der Waals surface area (Å²) in [7, 11) is 0. The largest absolute Gasteiger partial charge is 0.348 e. The second-order valence-electron chi connectivity index (χ2n) is 6.34. The van der Waals surface area contributed by atoms with Crippen molar-refractivity contribution in [2.24, 2.45) is 0 Å².